The van der Waals surface area contributed by atoms with Gasteiger partial charge in [-0.25, -0.2) is 4.39 Å². The molecular formula is C24H14F4N2O5. The van der Waals surface area contributed by atoms with E-state index in [0.29, 0.717) is 0 Å². The zero-order chi connectivity index (χ0) is 25.5. The van der Waals surface area contributed by atoms with Crippen LogP contribution in [0.3, 0.4) is 0 Å². The maximum absolute atomic E-state index is 13.6. The van der Waals surface area contributed by atoms with Gasteiger partial charge < -0.3 is 5.11 Å². The molecule has 1 fully saturated rings. The molecule has 1 N–H and O–H groups in total. The number of nitro benzene ring substituents is 1. The second kappa shape index (κ2) is 8.67. The van der Waals surface area contributed by atoms with E-state index in [1.54, 1.807) is 0 Å². The summed E-state index contributed by atoms with van der Waals surface area (Å²) in [5, 5.41) is 21.8. The van der Waals surface area contributed by atoms with E-state index >= 15 is 0 Å². The Balaban J connectivity index is 1.88. The number of hydrogen-bond acceptors (Lipinski definition) is 5. The summed E-state index contributed by atoms with van der Waals surface area (Å²) in [5.41, 5.74) is -1.52. The lowest BCUT2D eigenvalue weighted by Crippen LogP contribution is -2.29. The van der Waals surface area contributed by atoms with Crippen molar-refractivity contribution in [3.05, 3.63) is 111 Å². The first kappa shape index (κ1) is 23.6. The van der Waals surface area contributed by atoms with Gasteiger partial charge in [0.15, 0.2) is 0 Å². The van der Waals surface area contributed by atoms with E-state index < -0.39 is 51.5 Å². The number of Topliss-reactive ketones (excluding diaryl/α,β-unsaturated/α-hetero) is 1. The molecular weight excluding hydrogens is 472 g/mol. The molecule has 0 spiro atoms. The fourth-order valence-corrected chi connectivity index (χ4v) is 3.77. The highest BCUT2D eigenvalue weighted by Gasteiger charge is 2.47. The van der Waals surface area contributed by atoms with Crippen molar-refractivity contribution in [2.45, 2.75) is 12.2 Å². The molecule has 178 valence electrons. The second-order valence-corrected chi connectivity index (χ2v) is 7.57. The Kier molecular flexibility index (Phi) is 5.85. The molecule has 4 rings (SSSR count). The van der Waals surface area contributed by atoms with Gasteiger partial charge in [0.05, 0.1) is 22.1 Å². The number of amides is 1. The van der Waals surface area contributed by atoms with Crippen LogP contribution in [-0.2, 0) is 15.8 Å². The van der Waals surface area contributed by atoms with Gasteiger partial charge in [-0.2, -0.15) is 13.2 Å². The van der Waals surface area contributed by atoms with Gasteiger partial charge in [-0.15, -0.1) is 0 Å². The Labute approximate surface area is 194 Å². The summed E-state index contributed by atoms with van der Waals surface area (Å²) < 4.78 is 52.5. The largest absolute Gasteiger partial charge is 0.507 e. The highest BCUT2D eigenvalue weighted by Crippen LogP contribution is 2.43. The normalized spacial score (nSPS) is 17.6. The number of carbonyl (C=O) groups is 2. The lowest BCUT2D eigenvalue weighted by Gasteiger charge is -2.25. The van der Waals surface area contributed by atoms with Crippen LogP contribution in [0.4, 0.5) is 28.9 Å². The first-order valence-electron chi connectivity index (χ1n) is 9.97. The number of ketones is 1. The van der Waals surface area contributed by atoms with Gasteiger partial charge in [0, 0.05) is 23.4 Å². The summed E-state index contributed by atoms with van der Waals surface area (Å²) in [5.74, 6) is -3.52. The van der Waals surface area contributed by atoms with Crippen molar-refractivity contribution >= 4 is 28.8 Å². The molecule has 0 aliphatic carbocycles. The molecule has 1 heterocycles. The van der Waals surface area contributed by atoms with Gasteiger partial charge in [-0.05, 0) is 54.1 Å². The van der Waals surface area contributed by atoms with Crippen LogP contribution in [-0.4, -0.2) is 21.7 Å². The van der Waals surface area contributed by atoms with Crippen LogP contribution in [0.5, 0.6) is 0 Å². The number of nitrogens with zero attached hydrogens (tertiary/aromatic N) is 2. The summed E-state index contributed by atoms with van der Waals surface area (Å²) in [6.45, 7) is 0. The number of non-ortho nitro benzene ring substituents is 1. The van der Waals surface area contributed by atoms with Crippen LogP contribution >= 0.6 is 0 Å². The zero-order valence-electron chi connectivity index (χ0n) is 17.5. The van der Waals surface area contributed by atoms with Gasteiger partial charge in [0.2, 0.25) is 0 Å². The number of anilines is 1. The van der Waals surface area contributed by atoms with Crippen LogP contribution in [0.2, 0.25) is 0 Å². The minimum atomic E-state index is -4.63. The van der Waals surface area contributed by atoms with Crippen molar-refractivity contribution < 1.29 is 37.2 Å². The Bertz CT molecular complexity index is 1350. The fourth-order valence-electron chi connectivity index (χ4n) is 3.77. The minimum absolute atomic E-state index is 0.00636. The average molecular weight is 486 g/mol. The summed E-state index contributed by atoms with van der Waals surface area (Å²) in [6, 6.07) is 11.4. The summed E-state index contributed by atoms with van der Waals surface area (Å²) in [6.07, 6.45) is -4.63. The monoisotopic (exact) mass is 486 g/mol. The van der Waals surface area contributed by atoms with Gasteiger partial charge in [-0.3, -0.25) is 24.6 Å². The summed E-state index contributed by atoms with van der Waals surface area (Å²) in [7, 11) is 0. The molecule has 0 saturated carbocycles. The molecule has 1 unspecified atom stereocenters. The molecule has 3 aromatic carbocycles. The third-order valence-corrected chi connectivity index (χ3v) is 5.45. The first-order valence-corrected chi connectivity index (χ1v) is 9.97. The Morgan fingerprint density at radius 3 is 2.00 bits per heavy atom. The van der Waals surface area contributed by atoms with Crippen LogP contribution in [0.25, 0.3) is 5.76 Å². The van der Waals surface area contributed by atoms with Crippen molar-refractivity contribution in [1.82, 2.24) is 0 Å². The molecule has 1 atom stereocenters. The molecule has 0 aromatic heterocycles. The maximum Gasteiger partial charge on any atom is 0.416 e. The zero-order valence-corrected chi connectivity index (χ0v) is 17.5. The molecule has 35 heavy (non-hydrogen) atoms. The smallest absolute Gasteiger partial charge is 0.416 e. The van der Waals surface area contributed by atoms with E-state index in [9.17, 15) is 42.4 Å². The number of carbonyl (C=O) groups excluding carboxylic acids is 2. The minimum Gasteiger partial charge on any atom is -0.507 e. The number of halogens is 4. The van der Waals surface area contributed by atoms with Crippen molar-refractivity contribution in [3.8, 4) is 0 Å². The number of aliphatic hydroxyl groups excluding tert-OH is 1. The van der Waals surface area contributed by atoms with Crippen LogP contribution in [0.15, 0.2) is 78.4 Å². The molecule has 1 amide bonds. The summed E-state index contributed by atoms with van der Waals surface area (Å²) in [4.78, 5) is 37.1. The first-order chi connectivity index (χ1) is 16.5. The van der Waals surface area contributed by atoms with E-state index in [4.69, 9.17) is 0 Å². The van der Waals surface area contributed by atoms with Crippen LogP contribution in [0, 0.1) is 15.9 Å². The topological polar surface area (TPSA) is 101 Å². The number of benzene rings is 3. The molecule has 1 aliphatic rings. The highest BCUT2D eigenvalue weighted by atomic mass is 19.4. The Hall–Kier alpha value is -4.54. The molecule has 1 aliphatic heterocycles. The highest BCUT2D eigenvalue weighted by molar-refractivity contribution is 6.51. The third-order valence-electron chi connectivity index (χ3n) is 5.45. The standard InChI is InChI=1S/C24H14F4N2O5/c25-16-7-1-13(2-8-16)20-19(21(31)14-3-9-18(10-4-14)30(34)35)22(32)23(33)29(20)17-11-5-15(6-12-17)24(26,27)28/h1-12,20,31H/b21-19-. The molecule has 7 nitrogen and oxygen atoms in total. The van der Waals surface area contributed by atoms with E-state index in [1.165, 1.54) is 24.3 Å². The molecule has 3 aromatic rings. The SMILES string of the molecule is O=C1C(=O)N(c2ccc(C(F)(F)F)cc2)C(c2ccc(F)cc2)/C1=C(/O)c1ccc([N+](=O)[O-])cc1. The molecule has 0 bridgehead atoms. The lowest BCUT2D eigenvalue weighted by molar-refractivity contribution is -0.384. The average Bonchev–Trinajstić information content (AvgIpc) is 3.09. The Morgan fingerprint density at radius 1 is 0.914 bits per heavy atom. The van der Waals surface area contributed by atoms with Crippen molar-refractivity contribution in [1.29, 1.82) is 0 Å². The number of hydrogen-bond donors (Lipinski definition) is 1. The van der Waals surface area contributed by atoms with Gasteiger partial charge in [0.25, 0.3) is 17.4 Å². The summed E-state index contributed by atoms with van der Waals surface area (Å²) >= 11 is 0. The predicted molar refractivity (Wildman–Crippen MR) is 116 cm³/mol. The van der Waals surface area contributed by atoms with Gasteiger partial charge in [0.1, 0.15) is 11.6 Å². The second-order valence-electron chi connectivity index (χ2n) is 7.57. The van der Waals surface area contributed by atoms with Gasteiger partial charge in [-0.1, -0.05) is 12.1 Å². The lowest BCUT2D eigenvalue weighted by atomic mass is 9.95. The van der Waals surface area contributed by atoms with E-state index in [0.717, 1.165) is 53.4 Å². The van der Waals surface area contributed by atoms with E-state index in [-0.39, 0.29) is 22.5 Å². The molecule has 0 radical (unpaired) electrons. The maximum atomic E-state index is 13.6. The Morgan fingerprint density at radius 2 is 1.49 bits per heavy atom. The number of alkyl halides is 3. The third kappa shape index (κ3) is 4.35. The molecule has 1 saturated heterocycles. The fraction of sp³-hybridized carbons (Fsp3) is 0.0833. The van der Waals surface area contributed by atoms with Crippen molar-refractivity contribution in [2.75, 3.05) is 4.90 Å². The number of aliphatic hydroxyl groups is 1. The van der Waals surface area contributed by atoms with Crippen LogP contribution < -0.4 is 4.90 Å². The van der Waals surface area contributed by atoms with Crippen molar-refractivity contribution in [2.24, 2.45) is 0 Å². The predicted octanol–water partition coefficient (Wildman–Crippen LogP) is 5.38. The number of nitro groups is 1. The van der Waals surface area contributed by atoms with E-state index in [2.05, 4.69) is 0 Å². The van der Waals surface area contributed by atoms with E-state index in [1.807, 2.05) is 0 Å². The van der Waals surface area contributed by atoms with Crippen LogP contribution in [0.1, 0.15) is 22.7 Å². The van der Waals surface area contributed by atoms with Crippen molar-refractivity contribution in [3.63, 3.8) is 0 Å². The quantitative estimate of drug-likeness (QED) is 0.133. The van der Waals surface area contributed by atoms with Gasteiger partial charge >= 0.3 is 6.18 Å². The molecule has 11 heteroatoms. The number of rotatable bonds is 4.